The molecule has 1 aliphatic carbocycles. The highest BCUT2D eigenvalue weighted by atomic mass is 17.5. The molecule has 4 atom stereocenters. The number of carbonyl (C=O) groups excluding carboxylic acids is 9. The summed E-state index contributed by atoms with van der Waals surface area (Å²) in [7, 11) is 6.34. The lowest BCUT2D eigenvalue weighted by Gasteiger charge is -2.43. The molecule has 1 saturated carbocycles. The van der Waals surface area contributed by atoms with Gasteiger partial charge in [-0.3, -0.25) is 4.79 Å². The molecule has 0 heterocycles. The van der Waals surface area contributed by atoms with Crippen LogP contribution in [0.15, 0.2) is 72.8 Å². The molecule has 0 aliphatic heterocycles. The van der Waals surface area contributed by atoms with E-state index < -0.39 is 78.4 Å². The van der Waals surface area contributed by atoms with E-state index in [0.29, 0.717) is 11.1 Å². The van der Waals surface area contributed by atoms with Crippen LogP contribution in [0.1, 0.15) is 42.0 Å². The maximum atomic E-state index is 13.7. The van der Waals surface area contributed by atoms with Crippen LogP contribution in [0.3, 0.4) is 0 Å². The van der Waals surface area contributed by atoms with E-state index in [2.05, 4.69) is 33.6 Å². The minimum absolute atomic E-state index is 0.00831. The minimum atomic E-state index is -1.65. The molecule has 0 aromatic heterocycles. The zero-order valence-electron chi connectivity index (χ0n) is 40.4. The standard InChI is InChI=1S/C48H48O26/c1-48(42(52)59-2)25-36(66-38(49)17-11-27-8-14-30(20-21-65-74-58)33(22-27)70-45(55)62-5)41(73-40(51)19-13-29-10-16-32(69-44(54)61-4)35(24-29)72-47(57)64-7)37(26-48)67-39(50)18-12-28-9-15-31(68-43(53)60-3)34(23-28)71-46(56)63-6/h8-19,22-24,36-37,41,58H,20-21,25-26H2,1-7H3/b17-11+,18-12+,19-13+/t36-,37-,41-,48-/m1/s1. The van der Waals surface area contributed by atoms with Crippen molar-refractivity contribution in [2.45, 2.75) is 44.5 Å². The van der Waals surface area contributed by atoms with Crippen molar-refractivity contribution in [1.82, 2.24) is 0 Å². The maximum Gasteiger partial charge on any atom is 0.513 e. The molecule has 0 saturated heterocycles. The van der Waals surface area contributed by atoms with Gasteiger partial charge in [0.1, 0.15) is 18.0 Å². The summed E-state index contributed by atoms with van der Waals surface area (Å²) in [6.07, 6.45) is -4.64. The Morgan fingerprint density at radius 1 is 0.500 bits per heavy atom. The molecule has 74 heavy (non-hydrogen) atoms. The molecule has 1 fully saturated rings. The van der Waals surface area contributed by atoms with Crippen LogP contribution in [-0.4, -0.2) is 127 Å². The number of ether oxygens (including phenoxy) is 14. The van der Waals surface area contributed by atoms with Crippen LogP contribution in [0.4, 0.5) is 24.0 Å². The second-order valence-electron chi connectivity index (χ2n) is 15.0. The van der Waals surface area contributed by atoms with Gasteiger partial charge >= 0.3 is 54.7 Å². The van der Waals surface area contributed by atoms with Crippen molar-refractivity contribution in [3.8, 4) is 28.7 Å². The Kier molecular flexibility index (Phi) is 21.9. The summed E-state index contributed by atoms with van der Waals surface area (Å²) in [5.41, 5.74) is -0.505. The molecule has 396 valence electrons. The predicted molar refractivity (Wildman–Crippen MR) is 244 cm³/mol. The third kappa shape index (κ3) is 17.4. The number of hydrogen-bond acceptors (Lipinski definition) is 26. The van der Waals surface area contributed by atoms with Crippen molar-refractivity contribution >= 4 is 72.9 Å². The maximum absolute atomic E-state index is 13.7. The molecule has 1 N–H and O–H groups in total. The Hall–Kier alpha value is -9.01. The Labute approximate surface area is 419 Å². The smallest absolute Gasteiger partial charge is 0.469 e. The van der Waals surface area contributed by atoms with E-state index in [-0.39, 0.29) is 65.7 Å². The van der Waals surface area contributed by atoms with Crippen LogP contribution in [0.25, 0.3) is 18.2 Å². The topological polar surface area (TPSA) is 322 Å². The quantitative estimate of drug-likeness (QED) is 0.0254. The Morgan fingerprint density at radius 2 is 0.865 bits per heavy atom. The van der Waals surface area contributed by atoms with Gasteiger partial charge in [-0.2, -0.15) is 0 Å². The fourth-order valence-electron chi connectivity index (χ4n) is 6.68. The van der Waals surface area contributed by atoms with Crippen molar-refractivity contribution < 1.29 is 125 Å². The number of esters is 4. The summed E-state index contributed by atoms with van der Waals surface area (Å²) in [6, 6.07) is 11.9. The molecule has 0 spiro atoms. The summed E-state index contributed by atoms with van der Waals surface area (Å²) in [4.78, 5) is 118. The highest BCUT2D eigenvalue weighted by molar-refractivity contribution is 5.90. The molecule has 0 radical (unpaired) electrons. The van der Waals surface area contributed by atoms with Crippen LogP contribution >= 0.6 is 0 Å². The summed E-state index contributed by atoms with van der Waals surface area (Å²) in [5, 5.41) is 12.1. The van der Waals surface area contributed by atoms with Crippen LogP contribution in [0.5, 0.6) is 28.7 Å². The highest BCUT2D eigenvalue weighted by Crippen LogP contribution is 2.42. The molecule has 0 amide bonds. The Morgan fingerprint density at radius 3 is 1.26 bits per heavy atom. The van der Waals surface area contributed by atoms with Gasteiger partial charge in [-0.05, 0) is 77.7 Å². The van der Waals surface area contributed by atoms with Crippen molar-refractivity contribution in [1.29, 1.82) is 0 Å². The zero-order valence-corrected chi connectivity index (χ0v) is 40.4. The van der Waals surface area contributed by atoms with Gasteiger partial charge in [-0.1, -0.05) is 29.3 Å². The largest absolute Gasteiger partial charge is 0.513 e. The Bertz CT molecular complexity index is 2630. The molecular weight excluding hydrogens is 993 g/mol. The first-order valence-corrected chi connectivity index (χ1v) is 21.2. The van der Waals surface area contributed by atoms with Gasteiger partial charge in [-0.15, -0.1) is 0 Å². The van der Waals surface area contributed by atoms with Gasteiger partial charge in [0.2, 0.25) is 0 Å². The summed E-state index contributed by atoms with van der Waals surface area (Å²) < 4.78 is 70.5. The molecular formula is C48H48O26. The highest BCUT2D eigenvalue weighted by Gasteiger charge is 2.53. The van der Waals surface area contributed by atoms with Crippen LogP contribution in [-0.2, 0) is 78.2 Å². The first-order valence-electron chi connectivity index (χ1n) is 21.2. The SMILES string of the molecule is COC(=O)Oc1cc(/C=C/C(=O)O[C@@H]2C[C@@](C)(C(=O)OC)C[C@@H](OC(=O)/C=C/c3ccc(OC(=O)OC)c(OC(=O)OC)c3)[C@@H]2OC(=O)/C=C/c2ccc(OC(=O)OC)c(OC(=O)OC)c2)ccc1CCOOO. The van der Waals surface area contributed by atoms with Crippen molar-refractivity contribution in [2.24, 2.45) is 5.41 Å². The van der Waals surface area contributed by atoms with Gasteiger partial charge in [0.05, 0.1) is 54.7 Å². The van der Waals surface area contributed by atoms with Crippen LogP contribution in [0, 0.1) is 5.41 Å². The average Bonchev–Trinajstić information content (AvgIpc) is 3.38. The fraction of sp³-hybridized carbons (Fsp3) is 0.312. The fourth-order valence-corrected chi connectivity index (χ4v) is 6.68. The minimum Gasteiger partial charge on any atom is -0.469 e. The first kappa shape index (κ1) is 57.6. The second-order valence-corrected chi connectivity index (χ2v) is 15.0. The lowest BCUT2D eigenvalue weighted by Crippen LogP contribution is -2.55. The molecule has 1 aliphatic rings. The van der Waals surface area contributed by atoms with Crippen molar-refractivity contribution in [2.75, 3.05) is 49.3 Å². The van der Waals surface area contributed by atoms with Gasteiger partial charge in [-0.25, -0.2) is 48.5 Å². The number of carbonyl (C=O) groups is 9. The number of rotatable bonds is 19. The monoisotopic (exact) mass is 1040 g/mol. The number of hydrogen-bond donors (Lipinski definition) is 1. The summed E-state index contributed by atoms with van der Waals surface area (Å²) in [5.74, 6) is -5.25. The molecule has 3 aromatic carbocycles. The summed E-state index contributed by atoms with van der Waals surface area (Å²) in [6.45, 7) is 1.29. The average molecular weight is 1040 g/mol. The third-order valence-electron chi connectivity index (χ3n) is 10.1. The van der Waals surface area contributed by atoms with Gasteiger partial charge in [0.25, 0.3) is 0 Å². The van der Waals surface area contributed by atoms with E-state index in [4.69, 9.17) is 47.9 Å². The van der Waals surface area contributed by atoms with Gasteiger partial charge < -0.3 is 66.3 Å². The summed E-state index contributed by atoms with van der Waals surface area (Å²) >= 11 is 0. The lowest BCUT2D eigenvalue weighted by atomic mass is 9.71. The van der Waals surface area contributed by atoms with Crippen molar-refractivity contribution in [3.05, 3.63) is 95.1 Å². The lowest BCUT2D eigenvalue weighted by molar-refractivity contribution is -0.490. The molecule has 26 heteroatoms. The molecule has 4 rings (SSSR count). The molecule has 0 unspecified atom stereocenters. The Balaban J connectivity index is 1.72. The van der Waals surface area contributed by atoms with Crippen LogP contribution < -0.4 is 23.7 Å². The number of benzene rings is 3. The number of methoxy groups -OCH3 is 6. The van der Waals surface area contributed by atoms with Gasteiger partial charge in [0, 0.05) is 37.5 Å². The van der Waals surface area contributed by atoms with E-state index in [0.717, 1.165) is 60.9 Å². The third-order valence-corrected chi connectivity index (χ3v) is 10.1. The zero-order chi connectivity index (χ0) is 54.4. The second kappa shape index (κ2) is 28.1. The van der Waals surface area contributed by atoms with E-state index in [1.165, 1.54) is 79.7 Å². The predicted octanol–water partition coefficient (Wildman–Crippen LogP) is 6.52. The van der Waals surface area contributed by atoms with Crippen molar-refractivity contribution in [3.63, 3.8) is 0 Å². The van der Waals surface area contributed by atoms with E-state index in [1.807, 2.05) is 0 Å². The molecule has 26 nitrogen and oxygen atoms in total. The van der Waals surface area contributed by atoms with E-state index in [9.17, 15) is 43.2 Å². The van der Waals surface area contributed by atoms with E-state index >= 15 is 0 Å². The van der Waals surface area contributed by atoms with Crippen LogP contribution in [0.2, 0.25) is 0 Å². The molecule has 0 bridgehead atoms. The first-order chi connectivity index (χ1) is 35.4. The molecule has 3 aromatic rings. The van der Waals surface area contributed by atoms with Gasteiger partial charge in [0.15, 0.2) is 29.1 Å². The van der Waals surface area contributed by atoms with E-state index in [1.54, 1.807) is 0 Å². The normalized spacial score (nSPS) is 17.0.